The maximum Gasteiger partial charge on any atom is 1.00 e. The van der Waals surface area contributed by atoms with E-state index in [1.54, 1.807) is 0 Å². The van der Waals surface area contributed by atoms with Gasteiger partial charge >= 0.3 is 37.7 Å². The Morgan fingerprint density at radius 2 is 1.11 bits per heavy atom. The second-order valence-corrected chi connectivity index (χ2v) is 1.36. The fourth-order valence-corrected chi connectivity index (χ4v) is 0. The van der Waals surface area contributed by atoms with Crippen molar-refractivity contribution in [1.29, 1.82) is 0 Å². The molecule has 0 saturated carbocycles. The van der Waals surface area contributed by atoms with Crippen LogP contribution in [0.2, 0.25) is 0 Å². The Balaban J connectivity index is -0.0000000233. The molecule has 44 valence electrons. The molecule has 0 atom stereocenters. The van der Waals surface area contributed by atoms with Gasteiger partial charge in [0.15, 0.2) is 0 Å². The summed E-state index contributed by atoms with van der Waals surface area (Å²) in [5.74, 6) is 0. The van der Waals surface area contributed by atoms with Crippen LogP contribution in [0.3, 0.4) is 0 Å². The van der Waals surface area contributed by atoms with E-state index in [9.17, 15) is 0 Å². The van der Waals surface area contributed by atoms with Crippen molar-refractivity contribution < 1.29 is 79.0 Å². The molecule has 0 heterocycles. The quantitative estimate of drug-likeness (QED) is 0.235. The monoisotopic (exact) mass is 234 g/mol. The van der Waals surface area contributed by atoms with Gasteiger partial charge in [-0.05, 0) is 0 Å². The van der Waals surface area contributed by atoms with Crippen molar-refractivity contribution in [2.75, 3.05) is 0 Å². The Hall–Kier alpha value is 1.27. The van der Waals surface area contributed by atoms with Gasteiger partial charge in [-0.25, -0.2) is 0 Å². The van der Waals surface area contributed by atoms with Crippen LogP contribution in [0.5, 0.6) is 0 Å². The van der Waals surface area contributed by atoms with E-state index < -0.39 is 27.5 Å². The summed E-state index contributed by atoms with van der Waals surface area (Å²) in [5, 5.41) is 8.25. The summed E-state index contributed by atoms with van der Waals surface area (Å²) in [5.41, 5.74) is 0. The molecule has 8 heteroatoms. The zero-order valence-electron chi connectivity index (χ0n) is 5.00. The Morgan fingerprint density at radius 1 is 1.11 bits per heavy atom. The number of hydrogen-bond acceptors (Lipinski definition) is 5. The third kappa shape index (κ3) is 302. The minimum absolute atomic E-state index is 0. The van der Waals surface area contributed by atoms with Crippen LogP contribution in [0.15, 0.2) is 0 Å². The molecule has 0 aromatic carbocycles. The molecule has 0 unspecified atom stereocenters. The van der Waals surface area contributed by atoms with Crippen LogP contribution in [0.1, 0.15) is 0 Å². The predicted octanol–water partition coefficient (Wildman–Crippen LogP) is -14.2. The minimum Gasteiger partial charge on any atom is -0.554 e. The van der Waals surface area contributed by atoms with Crippen LogP contribution in [0.4, 0.5) is 0 Å². The summed E-state index contributed by atoms with van der Waals surface area (Å²) in [6.45, 7) is -0.500. The summed E-state index contributed by atoms with van der Waals surface area (Å²) < 4.78 is 25.7. The van der Waals surface area contributed by atoms with E-state index >= 15 is 0 Å². The number of rotatable bonds is 0. The maximum absolute atomic E-state index is 8.57. The van der Waals surface area contributed by atoms with Crippen LogP contribution in [0.25, 0.3) is 0 Å². The van der Waals surface area contributed by atoms with Gasteiger partial charge in [-0.1, -0.05) is 0 Å². The average molecular weight is 234 g/mol. The van der Waals surface area contributed by atoms with E-state index in [1.165, 1.54) is 0 Å². The Morgan fingerprint density at radius 3 is 1.11 bits per heavy atom. The van der Waals surface area contributed by atoms with Gasteiger partial charge in [0.25, 0.3) is 21.1 Å². The maximum atomic E-state index is 8.57. The molecular weight excluding hydrogens is 233 g/mol. The van der Waals surface area contributed by atoms with Gasteiger partial charge in [-0.2, -0.15) is 0 Å². The molecule has 5 nitrogen and oxygen atoms in total. The van der Waals surface area contributed by atoms with Crippen molar-refractivity contribution in [2.45, 2.75) is 0 Å². The van der Waals surface area contributed by atoms with Gasteiger partial charge in [0, 0.05) is 6.47 Å². The van der Waals surface area contributed by atoms with Crippen LogP contribution in [-0.2, 0) is 4.79 Å². The van der Waals surface area contributed by atoms with Crippen LogP contribution in [0, 0.1) is 0 Å². The predicted molar refractivity (Wildman–Crippen MR) is 6.06 cm³/mol. The Bertz CT molecular complexity index is 39.2. The largest absolute Gasteiger partial charge is 1.00 e. The average Bonchev–Trinajstić information content (AvgIpc) is 1.33. The van der Waals surface area contributed by atoms with Crippen LogP contribution >= 0.6 is 0 Å². The van der Waals surface area contributed by atoms with Crippen molar-refractivity contribution in [3.05, 3.63) is 0 Å². The molecule has 0 spiro atoms. The Kier molecular flexibility index (Phi) is 56.9. The minimum atomic E-state index is -4.01. The molecule has 0 saturated heterocycles. The fraction of sp³-hybridized carbons (Fsp3) is 0. The van der Waals surface area contributed by atoms with Crippen molar-refractivity contribution in [2.24, 2.45) is 0 Å². The van der Waals surface area contributed by atoms with Gasteiger partial charge in [-0.15, -0.1) is 0 Å². The summed E-state index contributed by atoms with van der Waals surface area (Å²) in [6.07, 6.45) is 0. The van der Waals surface area contributed by atoms with Gasteiger partial charge in [0.05, 0.1) is 0 Å². The van der Waals surface area contributed by atoms with Gasteiger partial charge < -0.3 is 20.2 Å². The zero-order chi connectivity index (χ0) is 6.28. The third-order valence-electron chi connectivity index (χ3n) is 0. The molecule has 0 aromatic heterocycles. The van der Waals surface area contributed by atoms with E-state index in [1.807, 2.05) is 0 Å². The molecule has 0 aliphatic rings. The van der Waals surface area contributed by atoms with Crippen LogP contribution < -0.4 is 74.2 Å². The second kappa shape index (κ2) is 22.8. The zero-order valence-corrected chi connectivity index (χ0v) is 7.15. The topological polar surface area (TPSA) is 109 Å². The van der Waals surface area contributed by atoms with Gasteiger partial charge in [0.1, 0.15) is 0 Å². The van der Waals surface area contributed by atoms with Crippen molar-refractivity contribution in [3.63, 3.8) is 0 Å². The van der Waals surface area contributed by atoms with E-state index in [-0.39, 0.29) is 37.7 Å². The molecule has 0 bridgehead atoms. The first-order valence-corrected chi connectivity index (χ1v) is 3.58. The van der Waals surface area contributed by atoms with Gasteiger partial charge in [-0.3, -0.25) is 0 Å². The van der Waals surface area contributed by atoms with Crippen LogP contribution in [-0.4, -0.2) is 6.47 Å². The first-order valence-electron chi connectivity index (χ1n) is 0.934. The normalized spacial score (nSPS) is 5.33. The summed E-state index contributed by atoms with van der Waals surface area (Å²) >= 11 is -4.01. The number of carbonyl (C=O) groups excluding carboxylic acids is 1. The fourth-order valence-electron chi connectivity index (χ4n) is 0. The SMILES string of the molecule is O=C[O-].[Li+].[Li+].[O-][I+2]([O-])[O-]. The molecule has 0 aliphatic heterocycles. The molecule has 0 amide bonds. The number of carbonyl (C=O) groups is 1. The molecule has 0 N–H and O–H groups in total. The van der Waals surface area contributed by atoms with E-state index in [0.29, 0.717) is 0 Å². The molecule has 0 aliphatic carbocycles. The smallest absolute Gasteiger partial charge is 0.554 e. The summed E-state index contributed by atoms with van der Waals surface area (Å²) in [6, 6.07) is 0. The number of carboxylic acid groups (broad SMARTS) is 1. The molecule has 9 heavy (non-hydrogen) atoms. The van der Waals surface area contributed by atoms with Crippen molar-refractivity contribution in [1.82, 2.24) is 0 Å². The third-order valence-corrected chi connectivity index (χ3v) is 0. The molecular formula is CHILi2O5. The Labute approximate surface area is 84.8 Å². The molecule has 0 rings (SSSR count). The number of halogens is 1. The van der Waals surface area contributed by atoms with E-state index in [4.69, 9.17) is 20.2 Å². The van der Waals surface area contributed by atoms with Gasteiger partial charge in [0.2, 0.25) is 0 Å². The summed E-state index contributed by atoms with van der Waals surface area (Å²) in [4.78, 5) is 8.25. The first kappa shape index (κ1) is 22.4. The first-order chi connectivity index (χ1) is 3.15. The van der Waals surface area contributed by atoms with Crippen molar-refractivity contribution >= 4 is 6.47 Å². The van der Waals surface area contributed by atoms with E-state index in [0.717, 1.165) is 0 Å². The van der Waals surface area contributed by atoms with Crippen molar-refractivity contribution in [3.8, 4) is 0 Å². The summed E-state index contributed by atoms with van der Waals surface area (Å²) in [7, 11) is 0. The number of hydrogen-bond donors (Lipinski definition) is 0. The van der Waals surface area contributed by atoms with E-state index in [2.05, 4.69) is 0 Å². The second-order valence-electron chi connectivity index (χ2n) is 0.285. The molecule has 0 aromatic rings. The molecule has 0 radical (unpaired) electrons. The molecule has 0 fully saturated rings. The standard InChI is InChI=1S/CH2O2.IO3.2Li/c2-1-3;2-1(3)4;;/h1H,(H,2,3);;;/q;-1;2*+1/p-1.